The summed E-state index contributed by atoms with van der Waals surface area (Å²) in [4.78, 5) is 0. The highest BCUT2D eigenvalue weighted by atomic mass is 35.5. The summed E-state index contributed by atoms with van der Waals surface area (Å²) in [5.74, 6) is 0.849. The third kappa shape index (κ3) is 5.15. The Morgan fingerprint density at radius 1 is 0.880 bits per heavy atom. The largest absolute Gasteiger partial charge is 0.489 e. The first-order valence-electron chi connectivity index (χ1n) is 8.06. The molecule has 0 saturated carbocycles. The molecular formula is C21H19Cl2NO. The van der Waals surface area contributed by atoms with Crippen LogP contribution in [0.2, 0.25) is 10.0 Å². The number of nitrogens with one attached hydrogen (secondary N) is 1. The third-order valence-corrected chi connectivity index (χ3v) is 4.39. The average Bonchev–Trinajstić information content (AvgIpc) is 2.61. The minimum atomic E-state index is 0.556. The second-order valence-corrected chi connectivity index (χ2v) is 6.74. The second-order valence-electron chi connectivity index (χ2n) is 5.90. The quantitative estimate of drug-likeness (QED) is 0.534. The average molecular weight is 372 g/mol. The van der Waals surface area contributed by atoms with Crippen LogP contribution in [-0.4, -0.2) is 0 Å². The van der Waals surface area contributed by atoms with Gasteiger partial charge >= 0.3 is 0 Å². The van der Waals surface area contributed by atoms with Gasteiger partial charge in [0.15, 0.2) is 0 Å². The Balaban J connectivity index is 1.60. The van der Waals surface area contributed by atoms with Crippen LogP contribution in [0.1, 0.15) is 16.7 Å². The van der Waals surface area contributed by atoms with Crippen molar-refractivity contribution in [2.45, 2.75) is 20.1 Å². The maximum absolute atomic E-state index is 6.18. The molecule has 3 rings (SSSR count). The standard InChI is InChI=1S/C21H19Cl2NO/c1-15-5-7-16(8-6-15)14-25-19-4-2-3-17(11-19)13-24-21-10-9-18(22)12-20(21)23/h2-12,24H,13-14H2,1H3. The molecule has 3 aromatic rings. The van der Waals surface area contributed by atoms with E-state index in [2.05, 4.69) is 42.6 Å². The molecule has 0 aliphatic heterocycles. The number of halogens is 2. The van der Waals surface area contributed by atoms with Crippen LogP contribution in [0, 0.1) is 6.92 Å². The first-order chi connectivity index (χ1) is 12.1. The minimum absolute atomic E-state index is 0.556. The van der Waals surface area contributed by atoms with Gasteiger partial charge in [0.1, 0.15) is 12.4 Å². The van der Waals surface area contributed by atoms with Crippen LogP contribution in [0.4, 0.5) is 5.69 Å². The first-order valence-corrected chi connectivity index (χ1v) is 8.82. The Morgan fingerprint density at radius 3 is 2.44 bits per heavy atom. The predicted octanol–water partition coefficient (Wildman–Crippen LogP) is 6.49. The van der Waals surface area contributed by atoms with Gasteiger partial charge in [0.25, 0.3) is 0 Å². The van der Waals surface area contributed by atoms with Gasteiger partial charge < -0.3 is 10.1 Å². The summed E-state index contributed by atoms with van der Waals surface area (Å²) < 4.78 is 5.89. The van der Waals surface area contributed by atoms with E-state index < -0.39 is 0 Å². The lowest BCUT2D eigenvalue weighted by atomic mass is 10.1. The summed E-state index contributed by atoms with van der Waals surface area (Å²) in [6, 6.07) is 21.8. The first kappa shape index (κ1) is 17.7. The highest BCUT2D eigenvalue weighted by molar-refractivity contribution is 6.36. The van der Waals surface area contributed by atoms with E-state index in [4.69, 9.17) is 27.9 Å². The van der Waals surface area contributed by atoms with Gasteiger partial charge in [0, 0.05) is 11.6 Å². The van der Waals surface area contributed by atoms with E-state index in [0.29, 0.717) is 23.2 Å². The third-order valence-electron chi connectivity index (χ3n) is 3.84. The summed E-state index contributed by atoms with van der Waals surface area (Å²) in [6.45, 7) is 3.29. The van der Waals surface area contributed by atoms with Gasteiger partial charge in [-0.15, -0.1) is 0 Å². The highest BCUT2D eigenvalue weighted by Gasteiger charge is 2.02. The molecule has 1 N–H and O–H groups in total. The molecule has 3 aromatic carbocycles. The molecule has 0 atom stereocenters. The maximum Gasteiger partial charge on any atom is 0.120 e. The topological polar surface area (TPSA) is 21.3 Å². The molecule has 0 bridgehead atoms. The fraction of sp³-hybridized carbons (Fsp3) is 0.143. The summed E-state index contributed by atoms with van der Waals surface area (Å²) in [6.07, 6.45) is 0. The van der Waals surface area contributed by atoms with Gasteiger partial charge in [-0.05, 0) is 48.4 Å². The molecule has 0 unspecified atom stereocenters. The van der Waals surface area contributed by atoms with Crippen molar-refractivity contribution in [3.05, 3.63) is 93.5 Å². The summed E-state index contributed by atoms with van der Waals surface area (Å²) in [5, 5.41) is 4.55. The second kappa shape index (κ2) is 8.28. The molecule has 0 spiro atoms. The Kier molecular flexibility index (Phi) is 5.85. The Labute approximate surface area is 158 Å². The Morgan fingerprint density at radius 2 is 1.68 bits per heavy atom. The molecular weight excluding hydrogens is 353 g/mol. The summed E-state index contributed by atoms with van der Waals surface area (Å²) in [5.41, 5.74) is 4.38. The Bertz CT molecular complexity index is 847. The highest BCUT2D eigenvalue weighted by Crippen LogP contribution is 2.26. The molecule has 2 nitrogen and oxygen atoms in total. The fourth-order valence-corrected chi connectivity index (χ4v) is 2.90. The number of anilines is 1. The molecule has 0 aromatic heterocycles. The molecule has 25 heavy (non-hydrogen) atoms. The van der Waals surface area contributed by atoms with E-state index in [9.17, 15) is 0 Å². The van der Waals surface area contributed by atoms with Gasteiger partial charge in [0.2, 0.25) is 0 Å². The Hall–Kier alpha value is -2.16. The van der Waals surface area contributed by atoms with Crippen molar-refractivity contribution in [3.8, 4) is 5.75 Å². The van der Waals surface area contributed by atoms with E-state index in [1.807, 2.05) is 30.3 Å². The fourth-order valence-electron chi connectivity index (χ4n) is 2.43. The lowest BCUT2D eigenvalue weighted by molar-refractivity contribution is 0.306. The number of ether oxygens (including phenoxy) is 1. The zero-order valence-electron chi connectivity index (χ0n) is 13.9. The zero-order chi connectivity index (χ0) is 17.6. The number of hydrogen-bond donors (Lipinski definition) is 1. The van der Waals surface area contributed by atoms with Crippen molar-refractivity contribution in [1.29, 1.82) is 0 Å². The SMILES string of the molecule is Cc1ccc(COc2cccc(CNc3ccc(Cl)cc3Cl)c2)cc1. The normalized spacial score (nSPS) is 10.5. The molecule has 0 radical (unpaired) electrons. The van der Waals surface area contributed by atoms with E-state index >= 15 is 0 Å². The smallest absolute Gasteiger partial charge is 0.120 e. The predicted molar refractivity (Wildman–Crippen MR) is 106 cm³/mol. The van der Waals surface area contributed by atoms with Crippen LogP contribution in [0.3, 0.4) is 0 Å². The number of aryl methyl sites for hydroxylation is 1. The van der Waals surface area contributed by atoms with Crippen molar-refractivity contribution in [2.75, 3.05) is 5.32 Å². The molecule has 0 aliphatic rings. The zero-order valence-corrected chi connectivity index (χ0v) is 15.4. The molecule has 0 aliphatic carbocycles. The molecule has 4 heteroatoms. The number of hydrogen-bond acceptors (Lipinski definition) is 2. The van der Waals surface area contributed by atoms with E-state index in [1.165, 1.54) is 5.56 Å². The lowest BCUT2D eigenvalue weighted by Crippen LogP contribution is -2.01. The summed E-state index contributed by atoms with van der Waals surface area (Å²) >= 11 is 12.1. The molecule has 0 fully saturated rings. The van der Waals surface area contributed by atoms with Gasteiger partial charge in [-0.2, -0.15) is 0 Å². The van der Waals surface area contributed by atoms with Crippen LogP contribution >= 0.6 is 23.2 Å². The van der Waals surface area contributed by atoms with Gasteiger partial charge in [-0.25, -0.2) is 0 Å². The van der Waals surface area contributed by atoms with Gasteiger partial charge in [0.05, 0.1) is 10.7 Å². The molecule has 0 saturated heterocycles. The van der Waals surface area contributed by atoms with E-state index in [-0.39, 0.29) is 0 Å². The van der Waals surface area contributed by atoms with Crippen LogP contribution in [0.25, 0.3) is 0 Å². The molecule has 0 amide bonds. The maximum atomic E-state index is 6.18. The van der Waals surface area contributed by atoms with Gasteiger partial charge in [-0.3, -0.25) is 0 Å². The minimum Gasteiger partial charge on any atom is -0.489 e. The van der Waals surface area contributed by atoms with E-state index in [1.54, 1.807) is 6.07 Å². The van der Waals surface area contributed by atoms with Crippen molar-refractivity contribution < 1.29 is 4.74 Å². The number of rotatable bonds is 6. The van der Waals surface area contributed by atoms with Crippen LogP contribution in [0.5, 0.6) is 5.75 Å². The van der Waals surface area contributed by atoms with Gasteiger partial charge in [-0.1, -0.05) is 65.2 Å². The monoisotopic (exact) mass is 371 g/mol. The van der Waals surface area contributed by atoms with E-state index in [0.717, 1.165) is 22.6 Å². The molecule has 0 heterocycles. The van der Waals surface area contributed by atoms with Crippen molar-refractivity contribution in [1.82, 2.24) is 0 Å². The summed E-state index contributed by atoms with van der Waals surface area (Å²) in [7, 11) is 0. The van der Waals surface area contributed by atoms with Crippen molar-refractivity contribution in [2.24, 2.45) is 0 Å². The van der Waals surface area contributed by atoms with Crippen LogP contribution < -0.4 is 10.1 Å². The number of benzene rings is 3. The molecule has 128 valence electrons. The van der Waals surface area contributed by atoms with Crippen LogP contribution in [-0.2, 0) is 13.2 Å². The van der Waals surface area contributed by atoms with Crippen molar-refractivity contribution in [3.63, 3.8) is 0 Å². The lowest BCUT2D eigenvalue weighted by Gasteiger charge is -2.11. The van der Waals surface area contributed by atoms with Crippen molar-refractivity contribution >= 4 is 28.9 Å². The van der Waals surface area contributed by atoms with Crippen LogP contribution in [0.15, 0.2) is 66.7 Å².